The van der Waals surface area contributed by atoms with E-state index in [1.165, 1.54) is 11.8 Å². The van der Waals surface area contributed by atoms with Gasteiger partial charge < -0.3 is 119 Å². The van der Waals surface area contributed by atoms with Crippen LogP contribution in [-0.2, 0) is 57.4 Å². The van der Waals surface area contributed by atoms with Crippen LogP contribution in [0.4, 0.5) is 0 Å². The quantitative estimate of drug-likeness (QED) is 0.0252. The number of aliphatic hydroxyl groups excluding tert-OH is 12. The number of unbranched alkanes of at least 4 members (excludes halogenated alkanes) is 1. The number of hydrogen-bond acceptors (Lipinski definition) is 29. The molecule has 87 heavy (non-hydrogen) atoms. The molecule has 0 fully saturated rings. The van der Waals surface area contributed by atoms with E-state index in [0.29, 0.717) is 51.4 Å². The highest BCUT2D eigenvalue weighted by atomic mass is 32.2. The zero-order valence-electron chi connectivity index (χ0n) is 49.5. The van der Waals surface area contributed by atoms with Crippen LogP contribution in [0, 0.1) is 5.92 Å². The molecule has 0 aromatic heterocycles. The van der Waals surface area contributed by atoms with E-state index in [4.69, 9.17) is 36.9 Å². The SMILES string of the molecule is CCC(CSCC(=O)CCCNC(=O)[C@@H](O)[C@H](O)[C@H](O)[C@@H](O)C(=O)CCCNC(=O)CSCC(N)C(=O)O)C(=O)O.CCCCC(=O)[C@H](O)[C@@H](O)[C@@H](O)[C@H](O)C(=O)NCCN.CCCOCCCC(=O)[C@H](O)[C@@H](O)[C@@H](O)[C@H](O)C(=O)NCCOCCN. The van der Waals surface area contributed by atoms with Gasteiger partial charge in [0.2, 0.25) is 5.91 Å². The largest absolute Gasteiger partial charge is 0.481 e. The van der Waals surface area contributed by atoms with E-state index in [-0.39, 0.29) is 101 Å². The predicted octanol–water partition coefficient (Wildman–Crippen LogP) is -8.09. The Kier molecular flexibility index (Phi) is 52.1. The van der Waals surface area contributed by atoms with E-state index in [2.05, 4.69) is 21.3 Å². The maximum Gasteiger partial charge on any atom is 0.321 e. The second-order valence-corrected chi connectivity index (χ2v) is 21.5. The highest BCUT2D eigenvalue weighted by Gasteiger charge is 2.39. The van der Waals surface area contributed by atoms with Crippen LogP contribution in [0.1, 0.15) is 91.4 Å². The first-order chi connectivity index (χ1) is 40.9. The van der Waals surface area contributed by atoms with Gasteiger partial charge in [-0.2, -0.15) is 11.8 Å². The molecule has 0 aliphatic rings. The number of carbonyl (C=O) groups excluding carboxylic acids is 8. The van der Waals surface area contributed by atoms with Crippen molar-refractivity contribution in [2.45, 2.75) is 171 Å². The fourth-order valence-corrected chi connectivity index (χ4v) is 8.58. The highest BCUT2D eigenvalue weighted by Crippen LogP contribution is 2.15. The van der Waals surface area contributed by atoms with Gasteiger partial charge in [0.15, 0.2) is 35.7 Å². The summed E-state index contributed by atoms with van der Waals surface area (Å²) in [4.78, 5) is 116. The molecule has 0 rings (SSSR count). The fraction of sp³-hybridized carbons (Fsp3) is 0.808. The Morgan fingerprint density at radius 3 is 1.28 bits per heavy atom. The summed E-state index contributed by atoms with van der Waals surface area (Å²) < 4.78 is 10.2. The van der Waals surface area contributed by atoms with Gasteiger partial charge in [-0.25, -0.2) is 0 Å². The molecule has 0 aliphatic heterocycles. The molecular formula is C52H97N7O26S2. The van der Waals surface area contributed by atoms with Gasteiger partial charge >= 0.3 is 11.9 Å². The van der Waals surface area contributed by atoms with Gasteiger partial charge in [0, 0.05) is 89.7 Å². The Morgan fingerprint density at radius 1 is 0.425 bits per heavy atom. The molecule has 508 valence electrons. The molecule has 0 saturated heterocycles. The Hall–Kier alpha value is -4.48. The third-order valence-electron chi connectivity index (χ3n) is 12.0. The van der Waals surface area contributed by atoms with Crippen LogP contribution >= 0.6 is 23.5 Å². The first-order valence-electron chi connectivity index (χ1n) is 28.2. The Labute approximate surface area is 513 Å². The summed E-state index contributed by atoms with van der Waals surface area (Å²) in [5, 5.41) is 144. The Balaban J connectivity index is -0.00000131. The summed E-state index contributed by atoms with van der Waals surface area (Å²) in [6, 6.07) is -1.10. The summed E-state index contributed by atoms with van der Waals surface area (Å²) in [7, 11) is 0. The smallest absolute Gasteiger partial charge is 0.321 e. The van der Waals surface area contributed by atoms with Crippen LogP contribution in [0.3, 0.4) is 0 Å². The molecule has 33 nitrogen and oxygen atoms in total. The third kappa shape index (κ3) is 40.0. The second-order valence-electron chi connectivity index (χ2n) is 19.4. The van der Waals surface area contributed by atoms with Gasteiger partial charge in [0.25, 0.3) is 17.7 Å². The van der Waals surface area contributed by atoms with Gasteiger partial charge in [0.05, 0.1) is 30.6 Å². The average molecular weight is 1300 g/mol. The molecule has 35 heteroatoms. The molecule has 0 aromatic carbocycles. The number of carbonyl (C=O) groups is 10. The zero-order chi connectivity index (χ0) is 67.2. The van der Waals surface area contributed by atoms with Gasteiger partial charge in [-0.15, -0.1) is 11.8 Å². The normalized spacial score (nSPS) is 16.0. The van der Waals surface area contributed by atoms with E-state index in [9.17, 15) is 109 Å². The van der Waals surface area contributed by atoms with Crippen molar-refractivity contribution in [1.82, 2.24) is 21.3 Å². The number of amides is 4. The van der Waals surface area contributed by atoms with E-state index in [1.807, 2.05) is 13.8 Å². The Morgan fingerprint density at radius 2 is 0.839 bits per heavy atom. The lowest BCUT2D eigenvalue weighted by atomic mass is 9.97. The molecule has 0 saturated carbocycles. The number of nitrogens with two attached hydrogens (primary N) is 3. The monoisotopic (exact) mass is 1300 g/mol. The molecular weight excluding hydrogens is 1200 g/mol. The van der Waals surface area contributed by atoms with Crippen LogP contribution in [0.25, 0.3) is 0 Å². The molecule has 14 atom stereocenters. The molecule has 0 bridgehead atoms. The number of ketones is 4. The van der Waals surface area contributed by atoms with E-state index >= 15 is 0 Å². The van der Waals surface area contributed by atoms with Crippen LogP contribution in [-0.4, -0.2) is 298 Å². The van der Waals surface area contributed by atoms with Crippen molar-refractivity contribution in [1.29, 1.82) is 0 Å². The highest BCUT2D eigenvalue weighted by molar-refractivity contribution is 8.00. The summed E-state index contributed by atoms with van der Waals surface area (Å²) in [5.41, 5.74) is 15.7. The average Bonchev–Trinajstić information content (AvgIpc) is 3.43. The topological polar surface area (TPSA) is 599 Å². The van der Waals surface area contributed by atoms with Crippen molar-refractivity contribution in [2.75, 3.05) is 88.7 Å². The summed E-state index contributed by atoms with van der Waals surface area (Å²) in [5.74, 6) is -8.05. The second kappa shape index (κ2) is 52.3. The number of ether oxygens (including phenoxy) is 2. The maximum atomic E-state index is 12.1. The third-order valence-corrected chi connectivity index (χ3v) is 14.2. The first kappa shape index (κ1) is 86.7. The molecule has 4 amide bonds. The number of aliphatic carboxylic acids is 2. The van der Waals surface area contributed by atoms with Crippen molar-refractivity contribution in [2.24, 2.45) is 23.1 Å². The fourth-order valence-electron chi connectivity index (χ4n) is 6.63. The number of hydrogen-bond donors (Lipinski definition) is 21. The number of Topliss-reactive ketones (excluding diaryl/α,β-unsaturated/α-hetero) is 4. The number of aliphatic hydroxyl groups is 12. The number of nitrogens with one attached hydrogen (secondary N) is 4. The van der Waals surface area contributed by atoms with Crippen LogP contribution in [0.15, 0.2) is 0 Å². The minimum Gasteiger partial charge on any atom is -0.481 e. The lowest BCUT2D eigenvalue weighted by Crippen LogP contribution is -2.53. The van der Waals surface area contributed by atoms with Crippen molar-refractivity contribution >= 4 is 82.2 Å². The lowest BCUT2D eigenvalue weighted by Gasteiger charge is -2.25. The van der Waals surface area contributed by atoms with E-state index in [0.717, 1.165) is 24.6 Å². The van der Waals surface area contributed by atoms with Gasteiger partial charge in [-0.05, 0) is 38.5 Å². The van der Waals surface area contributed by atoms with Crippen molar-refractivity contribution < 1.29 is 129 Å². The van der Waals surface area contributed by atoms with Crippen molar-refractivity contribution in [3.8, 4) is 0 Å². The number of carboxylic acids is 2. The summed E-state index contributed by atoms with van der Waals surface area (Å²) in [6.45, 7) is 7.56. The van der Waals surface area contributed by atoms with E-state index < -0.39 is 138 Å². The van der Waals surface area contributed by atoms with Gasteiger partial charge in [0.1, 0.15) is 66.8 Å². The number of carboxylic acid groups (broad SMARTS) is 2. The summed E-state index contributed by atoms with van der Waals surface area (Å²) in [6.07, 6.45) is -21.3. The Bertz CT molecular complexity index is 1920. The zero-order valence-corrected chi connectivity index (χ0v) is 51.1. The van der Waals surface area contributed by atoms with Crippen LogP contribution < -0.4 is 38.5 Å². The lowest BCUT2D eigenvalue weighted by molar-refractivity contribution is -0.154. The van der Waals surface area contributed by atoms with Gasteiger partial charge in [-0.3, -0.25) is 47.9 Å². The molecule has 0 radical (unpaired) electrons. The number of thioether (sulfide) groups is 2. The minimum atomic E-state index is -2.19. The molecule has 2 unspecified atom stereocenters. The predicted molar refractivity (Wildman–Crippen MR) is 313 cm³/mol. The maximum absolute atomic E-state index is 12.1. The van der Waals surface area contributed by atoms with E-state index in [1.54, 1.807) is 6.92 Å². The van der Waals surface area contributed by atoms with Crippen LogP contribution in [0.5, 0.6) is 0 Å². The van der Waals surface area contributed by atoms with Crippen molar-refractivity contribution in [3.05, 3.63) is 0 Å². The minimum absolute atomic E-state index is 0.0352. The molecule has 0 heterocycles. The summed E-state index contributed by atoms with van der Waals surface area (Å²) >= 11 is 2.22. The molecule has 0 aromatic rings. The number of rotatable bonds is 50. The molecule has 0 spiro atoms. The van der Waals surface area contributed by atoms with Gasteiger partial charge in [-0.1, -0.05) is 27.2 Å². The molecule has 0 aliphatic carbocycles. The first-order valence-corrected chi connectivity index (χ1v) is 30.5. The van der Waals surface area contributed by atoms with Crippen LogP contribution in [0.2, 0.25) is 0 Å². The molecule has 24 N–H and O–H groups in total. The standard InChI is InChI=1S/C24H41N3O12S2.C16H32N2O8.C12H24N2O6/c1-2-13(23(36)37)9-40-10-14(28)5-3-8-27-22(35)21(34)20(33)19(32)18(31)16(29)6-4-7-26-17(30)12-41-11-15(25)24(38)39;1-2-7-25-8-3-4-11(19)12(20)13(21)14(22)15(23)16(24)18-6-10-26-9-5-17;1-2-3-4-7(15)8(16)9(17)10(18)11(19)12(20)14-6-5-13/h13,15,18-21,31-34H,2-12,25H2,1H3,(H,26,30)(H,27,35)(H,36,37)(H,38,39);12-15,20-23H,2-10,17H2,1H3,(H,18,24);8-11,16-19H,2-6,13H2,1H3,(H,14,20)/t13?,15?,18-,19+,20+,21-;12-,13+,14+,15-;8-,9+,10+,11-/m000/s1. The van der Waals surface area contributed by atoms with Crippen molar-refractivity contribution in [3.63, 3.8) is 0 Å².